The van der Waals surface area contributed by atoms with E-state index < -0.39 is 0 Å². The van der Waals surface area contributed by atoms with Gasteiger partial charge >= 0.3 is 6.03 Å². The van der Waals surface area contributed by atoms with E-state index in [-0.39, 0.29) is 30.4 Å². The summed E-state index contributed by atoms with van der Waals surface area (Å²) in [7, 11) is 3.46. The van der Waals surface area contributed by atoms with Crippen molar-refractivity contribution in [1.82, 2.24) is 15.1 Å². The number of nitrogens with zero attached hydrogens (tertiary/aromatic N) is 2. The summed E-state index contributed by atoms with van der Waals surface area (Å²) in [4.78, 5) is 27.4. The monoisotopic (exact) mass is 299 g/mol. The average molecular weight is 299 g/mol. The predicted molar refractivity (Wildman–Crippen MR) is 81.9 cm³/mol. The summed E-state index contributed by atoms with van der Waals surface area (Å²) in [5.74, 6) is 0.227. The SMILES string of the molecule is CC(CO)CCCNC(=O)C1CCCN(C(=O)N(C)C)C1. The van der Waals surface area contributed by atoms with Gasteiger partial charge in [0.15, 0.2) is 0 Å². The van der Waals surface area contributed by atoms with Gasteiger partial charge in [-0.25, -0.2) is 4.79 Å². The molecule has 1 aliphatic rings. The molecule has 0 bridgehead atoms. The Hall–Kier alpha value is -1.30. The standard InChI is InChI=1S/C15H29N3O3/c1-12(11-19)6-4-8-16-14(20)13-7-5-9-18(10-13)15(21)17(2)3/h12-13,19H,4-11H2,1-3H3,(H,16,20). The van der Waals surface area contributed by atoms with Gasteiger partial charge in [0.2, 0.25) is 5.91 Å². The molecule has 0 aromatic carbocycles. The predicted octanol–water partition coefficient (Wildman–Crippen LogP) is 0.905. The quantitative estimate of drug-likeness (QED) is 0.716. The third-order valence-electron chi connectivity index (χ3n) is 3.93. The smallest absolute Gasteiger partial charge is 0.319 e. The van der Waals surface area contributed by atoms with Crippen LogP contribution < -0.4 is 5.32 Å². The first-order valence-corrected chi connectivity index (χ1v) is 7.80. The minimum atomic E-state index is -0.0992. The van der Waals surface area contributed by atoms with Crippen LogP contribution in [0.1, 0.15) is 32.6 Å². The molecule has 2 atom stereocenters. The molecule has 2 unspecified atom stereocenters. The van der Waals surface area contributed by atoms with E-state index in [9.17, 15) is 9.59 Å². The number of urea groups is 1. The first kappa shape index (κ1) is 17.8. The van der Waals surface area contributed by atoms with E-state index in [0.717, 1.165) is 32.2 Å². The summed E-state index contributed by atoms with van der Waals surface area (Å²) >= 11 is 0. The molecule has 2 N–H and O–H groups in total. The van der Waals surface area contributed by atoms with Crippen LogP contribution in [0, 0.1) is 11.8 Å². The van der Waals surface area contributed by atoms with Crippen LogP contribution in [0.5, 0.6) is 0 Å². The van der Waals surface area contributed by atoms with Crippen LogP contribution in [0.25, 0.3) is 0 Å². The number of carbonyl (C=O) groups is 2. The molecule has 6 heteroatoms. The van der Waals surface area contributed by atoms with Crippen molar-refractivity contribution in [2.75, 3.05) is 40.3 Å². The van der Waals surface area contributed by atoms with Crippen LogP contribution in [0.4, 0.5) is 4.79 Å². The van der Waals surface area contributed by atoms with E-state index in [1.54, 1.807) is 23.9 Å². The lowest BCUT2D eigenvalue weighted by molar-refractivity contribution is -0.126. The van der Waals surface area contributed by atoms with Crippen molar-refractivity contribution in [3.63, 3.8) is 0 Å². The summed E-state index contributed by atoms with van der Waals surface area (Å²) in [5.41, 5.74) is 0. The highest BCUT2D eigenvalue weighted by Gasteiger charge is 2.28. The fourth-order valence-electron chi connectivity index (χ4n) is 2.55. The Labute approximate surface area is 127 Å². The maximum Gasteiger partial charge on any atom is 0.319 e. The third kappa shape index (κ3) is 5.91. The van der Waals surface area contributed by atoms with Crippen molar-refractivity contribution < 1.29 is 14.7 Å². The highest BCUT2D eigenvalue weighted by molar-refractivity contribution is 5.80. The van der Waals surface area contributed by atoms with Gasteiger partial charge in [0.1, 0.15) is 0 Å². The topological polar surface area (TPSA) is 72.9 Å². The molecule has 0 aromatic heterocycles. The van der Waals surface area contributed by atoms with Gasteiger partial charge in [0.25, 0.3) is 0 Å². The second-order valence-electron chi connectivity index (χ2n) is 6.18. The van der Waals surface area contributed by atoms with Crippen LogP contribution in [0.15, 0.2) is 0 Å². The summed E-state index contributed by atoms with van der Waals surface area (Å²) in [6.45, 7) is 4.07. The molecular formula is C15H29N3O3. The fraction of sp³-hybridized carbons (Fsp3) is 0.867. The van der Waals surface area contributed by atoms with Crippen molar-refractivity contribution >= 4 is 11.9 Å². The molecule has 0 saturated carbocycles. The molecule has 6 nitrogen and oxygen atoms in total. The van der Waals surface area contributed by atoms with Gasteiger partial charge in [0.05, 0.1) is 5.92 Å². The Bertz CT molecular complexity index is 347. The summed E-state index contributed by atoms with van der Waals surface area (Å²) < 4.78 is 0. The minimum absolute atomic E-state index is 0.0238. The first-order valence-electron chi connectivity index (χ1n) is 7.80. The number of likely N-dealkylation sites (tertiary alicyclic amines) is 1. The Morgan fingerprint density at radius 1 is 1.43 bits per heavy atom. The van der Waals surface area contributed by atoms with Crippen molar-refractivity contribution in [3.05, 3.63) is 0 Å². The van der Waals surface area contributed by atoms with Gasteiger partial charge < -0.3 is 20.2 Å². The first-order chi connectivity index (χ1) is 9.95. The van der Waals surface area contributed by atoms with Crippen molar-refractivity contribution in [2.45, 2.75) is 32.6 Å². The van der Waals surface area contributed by atoms with E-state index in [1.165, 1.54) is 0 Å². The highest BCUT2D eigenvalue weighted by atomic mass is 16.3. The van der Waals surface area contributed by atoms with Gasteiger partial charge in [-0.2, -0.15) is 0 Å². The lowest BCUT2D eigenvalue weighted by Crippen LogP contribution is -2.48. The van der Waals surface area contributed by atoms with Gasteiger partial charge in [-0.15, -0.1) is 0 Å². The van der Waals surface area contributed by atoms with Crippen LogP contribution in [-0.2, 0) is 4.79 Å². The van der Waals surface area contributed by atoms with Crippen LogP contribution >= 0.6 is 0 Å². The molecule has 1 aliphatic heterocycles. The molecular weight excluding hydrogens is 270 g/mol. The maximum absolute atomic E-state index is 12.1. The molecule has 3 amide bonds. The number of hydrogen-bond donors (Lipinski definition) is 2. The molecule has 1 fully saturated rings. The summed E-state index contributed by atoms with van der Waals surface area (Å²) in [6, 6.07) is -0.0238. The van der Waals surface area contributed by atoms with Crippen molar-refractivity contribution in [3.8, 4) is 0 Å². The van der Waals surface area contributed by atoms with Crippen LogP contribution in [-0.4, -0.2) is 67.2 Å². The zero-order chi connectivity index (χ0) is 15.8. The second-order valence-corrected chi connectivity index (χ2v) is 6.18. The zero-order valence-corrected chi connectivity index (χ0v) is 13.5. The largest absolute Gasteiger partial charge is 0.396 e. The number of hydrogen-bond acceptors (Lipinski definition) is 3. The molecule has 122 valence electrons. The van der Waals surface area contributed by atoms with E-state index in [1.807, 2.05) is 6.92 Å². The van der Waals surface area contributed by atoms with Gasteiger partial charge in [-0.05, 0) is 31.6 Å². The average Bonchev–Trinajstić information content (AvgIpc) is 2.50. The maximum atomic E-state index is 12.1. The summed E-state index contributed by atoms with van der Waals surface area (Å²) in [6.07, 6.45) is 3.50. The third-order valence-corrected chi connectivity index (χ3v) is 3.93. The molecule has 0 aromatic rings. The van der Waals surface area contributed by atoms with Gasteiger partial charge in [-0.3, -0.25) is 4.79 Å². The summed E-state index contributed by atoms with van der Waals surface area (Å²) in [5, 5.41) is 11.9. The molecule has 0 aliphatic carbocycles. The zero-order valence-electron chi connectivity index (χ0n) is 13.5. The molecule has 21 heavy (non-hydrogen) atoms. The van der Waals surface area contributed by atoms with Crippen molar-refractivity contribution in [1.29, 1.82) is 0 Å². The number of carbonyl (C=O) groups excluding carboxylic acids is 2. The Balaban J connectivity index is 2.32. The Morgan fingerprint density at radius 2 is 2.14 bits per heavy atom. The lowest BCUT2D eigenvalue weighted by atomic mass is 9.97. The number of piperidine rings is 1. The highest BCUT2D eigenvalue weighted by Crippen LogP contribution is 2.17. The number of amides is 3. The van der Waals surface area contributed by atoms with E-state index >= 15 is 0 Å². The molecule has 0 radical (unpaired) electrons. The molecule has 1 saturated heterocycles. The lowest BCUT2D eigenvalue weighted by Gasteiger charge is -2.33. The minimum Gasteiger partial charge on any atom is -0.396 e. The molecule has 0 spiro atoms. The fourth-order valence-corrected chi connectivity index (χ4v) is 2.55. The van der Waals surface area contributed by atoms with Crippen LogP contribution in [0.3, 0.4) is 0 Å². The number of rotatable bonds is 6. The molecule has 1 heterocycles. The van der Waals surface area contributed by atoms with E-state index in [4.69, 9.17) is 5.11 Å². The van der Waals surface area contributed by atoms with Crippen LogP contribution in [0.2, 0.25) is 0 Å². The number of aliphatic hydroxyl groups is 1. The van der Waals surface area contributed by atoms with E-state index in [0.29, 0.717) is 13.1 Å². The van der Waals surface area contributed by atoms with Crippen molar-refractivity contribution in [2.24, 2.45) is 11.8 Å². The van der Waals surface area contributed by atoms with E-state index in [2.05, 4.69) is 5.32 Å². The number of nitrogens with one attached hydrogen (secondary N) is 1. The Morgan fingerprint density at radius 3 is 2.76 bits per heavy atom. The normalized spacial score (nSPS) is 20.0. The molecule has 1 rings (SSSR count). The number of aliphatic hydroxyl groups excluding tert-OH is 1. The van der Waals surface area contributed by atoms with Gasteiger partial charge in [0, 0.05) is 40.3 Å². The van der Waals surface area contributed by atoms with Gasteiger partial charge in [-0.1, -0.05) is 6.92 Å². The second kappa shape index (κ2) is 8.87. The Kier molecular flexibility index (Phi) is 7.50.